The van der Waals surface area contributed by atoms with Crippen LogP contribution in [-0.4, -0.2) is 29.1 Å². The third kappa shape index (κ3) is 2.56. The average Bonchev–Trinajstić information content (AvgIpc) is 3.06. The Morgan fingerprint density at radius 1 is 1.38 bits per heavy atom. The van der Waals surface area contributed by atoms with Crippen molar-refractivity contribution in [1.82, 2.24) is 15.0 Å². The predicted octanol–water partition coefficient (Wildman–Crippen LogP) is 2.40. The zero-order valence-electron chi connectivity index (χ0n) is 14.5. The van der Waals surface area contributed by atoms with Gasteiger partial charge in [0.05, 0.1) is 5.52 Å². The summed E-state index contributed by atoms with van der Waals surface area (Å²) in [5.74, 6) is -1.21. The molecule has 6 nitrogen and oxygen atoms in total. The number of fused-ring (bicyclic) bond motifs is 2. The molecule has 0 spiro atoms. The maximum Gasteiger partial charge on any atom is 0.341 e. The van der Waals surface area contributed by atoms with Crippen molar-refractivity contribution in [2.45, 2.75) is 19.5 Å². The van der Waals surface area contributed by atoms with E-state index in [2.05, 4.69) is 16.7 Å². The molecule has 0 amide bonds. The van der Waals surface area contributed by atoms with Gasteiger partial charge in [-0.05, 0) is 54.9 Å². The summed E-state index contributed by atoms with van der Waals surface area (Å²) in [6, 6.07) is 7.51. The number of rotatable bonds is 3. The summed E-state index contributed by atoms with van der Waals surface area (Å²) < 4.78 is 1.41. The molecule has 0 aliphatic carbocycles. The highest BCUT2D eigenvalue weighted by atomic mass is 32.1. The molecule has 0 fully saturated rings. The molecule has 0 aromatic carbocycles. The molecule has 1 aliphatic rings. The lowest BCUT2D eigenvalue weighted by molar-refractivity contribution is 0.0695. The van der Waals surface area contributed by atoms with Gasteiger partial charge >= 0.3 is 5.97 Å². The van der Waals surface area contributed by atoms with Gasteiger partial charge in [-0.1, -0.05) is 0 Å². The summed E-state index contributed by atoms with van der Waals surface area (Å²) in [7, 11) is 1.96. The highest BCUT2D eigenvalue weighted by Gasteiger charge is 2.22. The Kier molecular flexibility index (Phi) is 4.14. The molecule has 0 saturated carbocycles. The number of carbonyl (C=O) groups is 1. The maximum absolute atomic E-state index is 12.4. The molecule has 26 heavy (non-hydrogen) atoms. The molecule has 134 valence electrons. The van der Waals surface area contributed by atoms with Crippen LogP contribution in [0.4, 0.5) is 0 Å². The van der Waals surface area contributed by atoms with Crippen LogP contribution in [0.3, 0.4) is 0 Å². The molecule has 4 heterocycles. The lowest BCUT2D eigenvalue weighted by Gasteiger charge is -2.22. The molecular weight excluding hydrogens is 350 g/mol. The van der Waals surface area contributed by atoms with Crippen LogP contribution in [0.5, 0.6) is 0 Å². The van der Waals surface area contributed by atoms with Crippen LogP contribution in [-0.2, 0) is 6.54 Å². The number of aromatic carboxylic acids is 1. The van der Waals surface area contributed by atoms with E-state index in [-0.39, 0.29) is 5.56 Å². The first kappa shape index (κ1) is 17.0. The Morgan fingerprint density at radius 2 is 2.19 bits per heavy atom. The van der Waals surface area contributed by atoms with E-state index in [1.165, 1.54) is 20.9 Å². The van der Waals surface area contributed by atoms with Crippen molar-refractivity contribution >= 4 is 22.8 Å². The van der Waals surface area contributed by atoms with Gasteiger partial charge in [0, 0.05) is 35.1 Å². The van der Waals surface area contributed by atoms with E-state index in [4.69, 9.17) is 5.11 Å². The molecule has 3 aromatic rings. The van der Waals surface area contributed by atoms with Crippen LogP contribution < -0.4 is 16.2 Å². The van der Waals surface area contributed by atoms with E-state index in [1.54, 1.807) is 23.6 Å². The quantitative estimate of drug-likeness (QED) is 0.660. The van der Waals surface area contributed by atoms with Crippen molar-refractivity contribution in [1.29, 1.82) is 0 Å². The summed E-state index contributed by atoms with van der Waals surface area (Å²) >= 11 is 1.76. The van der Waals surface area contributed by atoms with Crippen molar-refractivity contribution in [3.8, 4) is 10.4 Å². The molecule has 3 aromatic heterocycles. The summed E-state index contributed by atoms with van der Waals surface area (Å²) in [5.41, 5.74) is 3.37. The minimum atomic E-state index is -1.21. The first-order valence-corrected chi connectivity index (χ1v) is 9.22. The number of nitrogens with one attached hydrogen (secondary N) is 2. The lowest BCUT2D eigenvalue weighted by atomic mass is 10.0. The smallest absolute Gasteiger partial charge is 0.341 e. The average molecular weight is 369 g/mol. The Bertz CT molecular complexity index is 1080. The molecule has 0 bridgehead atoms. The van der Waals surface area contributed by atoms with Crippen molar-refractivity contribution in [3.63, 3.8) is 0 Å². The summed E-state index contributed by atoms with van der Waals surface area (Å²) in [6.45, 7) is 3.74. The number of hydrogen-bond donors (Lipinski definition) is 3. The second-order valence-electron chi connectivity index (χ2n) is 6.43. The number of hydrogen-bond acceptors (Lipinski definition) is 5. The van der Waals surface area contributed by atoms with Gasteiger partial charge in [-0.3, -0.25) is 9.20 Å². The molecule has 7 heteroatoms. The highest BCUT2D eigenvalue weighted by molar-refractivity contribution is 7.15. The van der Waals surface area contributed by atoms with Crippen LogP contribution in [0.25, 0.3) is 16.0 Å². The Balaban J connectivity index is 1.87. The van der Waals surface area contributed by atoms with Gasteiger partial charge in [-0.25, -0.2) is 4.79 Å². The Morgan fingerprint density at radius 3 is 2.92 bits per heavy atom. The molecule has 4 rings (SSSR count). The zero-order valence-corrected chi connectivity index (χ0v) is 15.3. The van der Waals surface area contributed by atoms with Crippen LogP contribution in [0, 0.1) is 6.92 Å². The normalized spacial score (nSPS) is 16.6. The van der Waals surface area contributed by atoms with Crippen LogP contribution in [0.1, 0.15) is 32.4 Å². The Labute approximate surface area is 154 Å². The molecule has 0 saturated heterocycles. The number of likely N-dealkylation sites (N-methyl/N-ethyl adjacent to an activating group) is 1. The topological polar surface area (TPSA) is 82.8 Å². The third-order valence-corrected chi connectivity index (χ3v) is 6.17. The molecule has 1 atom stereocenters. The molecule has 1 unspecified atom stereocenters. The number of aryl methyl sites for hydroxylation is 1. The third-order valence-electron chi connectivity index (χ3n) is 4.99. The number of pyridine rings is 2. The minimum Gasteiger partial charge on any atom is -0.477 e. The minimum absolute atomic E-state index is 0.218. The van der Waals surface area contributed by atoms with Crippen LogP contribution in [0.15, 0.2) is 35.3 Å². The van der Waals surface area contributed by atoms with Gasteiger partial charge in [0.1, 0.15) is 5.56 Å². The van der Waals surface area contributed by atoms with Gasteiger partial charge in [0.15, 0.2) is 0 Å². The van der Waals surface area contributed by atoms with Crippen LogP contribution >= 0.6 is 11.3 Å². The van der Waals surface area contributed by atoms with Crippen molar-refractivity contribution in [2.75, 3.05) is 13.6 Å². The van der Waals surface area contributed by atoms with Crippen LogP contribution in [0.2, 0.25) is 0 Å². The number of carboxylic acids is 1. The zero-order chi connectivity index (χ0) is 18.4. The van der Waals surface area contributed by atoms with E-state index in [0.29, 0.717) is 6.04 Å². The van der Waals surface area contributed by atoms with Gasteiger partial charge in [0.2, 0.25) is 0 Å². The van der Waals surface area contributed by atoms with E-state index < -0.39 is 11.5 Å². The van der Waals surface area contributed by atoms with Gasteiger partial charge < -0.3 is 15.7 Å². The first-order chi connectivity index (χ1) is 12.5. The summed E-state index contributed by atoms with van der Waals surface area (Å²) in [5, 5.41) is 15.9. The monoisotopic (exact) mass is 369 g/mol. The number of aromatic nitrogens is 1. The fourth-order valence-electron chi connectivity index (χ4n) is 3.55. The Hall–Kier alpha value is -2.48. The van der Waals surface area contributed by atoms with E-state index in [9.17, 15) is 9.59 Å². The predicted molar refractivity (Wildman–Crippen MR) is 102 cm³/mol. The SMILES string of the molecule is CNC1CNCc2sc(-c3ccn4c(=O)c(C(=O)O)ccc4c3C)cc21. The maximum atomic E-state index is 12.4. The molecule has 0 radical (unpaired) electrons. The van der Waals surface area contributed by atoms with E-state index in [0.717, 1.165) is 34.6 Å². The van der Waals surface area contributed by atoms with Crippen molar-refractivity contribution in [3.05, 3.63) is 62.4 Å². The molecule has 3 N–H and O–H groups in total. The number of nitrogens with zero attached hydrogens (tertiary/aromatic N) is 1. The molecule has 1 aliphatic heterocycles. The van der Waals surface area contributed by atoms with Gasteiger partial charge in [0.25, 0.3) is 5.56 Å². The first-order valence-electron chi connectivity index (χ1n) is 8.40. The van der Waals surface area contributed by atoms with E-state index in [1.807, 2.05) is 20.0 Å². The highest BCUT2D eigenvalue weighted by Crippen LogP contribution is 2.38. The molecular formula is C19H19N3O3S. The van der Waals surface area contributed by atoms with Gasteiger partial charge in [-0.15, -0.1) is 11.3 Å². The summed E-state index contributed by atoms with van der Waals surface area (Å²) in [4.78, 5) is 26.0. The second kappa shape index (κ2) is 6.35. The van der Waals surface area contributed by atoms with Gasteiger partial charge in [-0.2, -0.15) is 0 Å². The van der Waals surface area contributed by atoms with Crippen molar-refractivity contribution < 1.29 is 9.90 Å². The summed E-state index contributed by atoms with van der Waals surface area (Å²) in [6.07, 6.45) is 1.67. The lowest BCUT2D eigenvalue weighted by Crippen LogP contribution is -2.33. The fraction of sp³-hybridized carbons (Fsp3) is 0.263. The number of carboxylic acid groups (broad SMARTS) is 1. The second-order valence-corrected chi connectivity index (χ2v) is 7.57. The van der Waals surface area contributed by atoms with Crippen molar-refractivity contribution in [2.24, 2.45) is 0 Å². The largest absolute Gasteiger partial charge is 0.477 e. The van der Waals surface area contributed by atoms with E-state index >= 15 is 0 Å². The standard InChI is InChI=1S/C19H19N3O3S/c1-10-11(16-7-13-14(20-2)8-21-9-17(13)26-16)5-6-22-15(10)4-3-12(18(22)23)19(24)25/h3-7,14,20-21H,8-9H2,1-2H3,(H,24,25). The fourth-order valence-corrected chi connectivity index (χ4v) is 4.83. The number of thiophene rings is 1.